The molecule has 3 aromatic heterocycles. The standard InChI is InChI=1S/C19H19N5O/c1-23-13-14(12-21-23)8-10-24-11-9-20-19(24)16-7-6-15-4-3-5-17(25-2)18(15)22-16/h3-7,9,11-13H,8,10H2,1-2H3. The molecule has 0 atom stereocenters. The number of rotatable bonds is 5. The van der Waals surface area contributed by atoms with Gasteiger partial charge in [0.2, 0.25) is 0 Å². The predicted octanol–water partition coefficient (Wildman–Crippen LogP) is 3.08. The molecule has 25 heavy (non-hydrogen) atoms. The first kappa shape index (κ1) is 15.4. The summed E-state index contributed by atoms with van der Waals surface area (Å²) in [5.41, 5.74) is 2.90. The van der Waals surface area contributed by atoms with E-state index in [2.05, 4.69) is 20.7 Å². The maximum atomic E-state index is 5.44. The van der Waals surface area contributed by atoms with Crippen molar-refractivity contribution in [2.24, 2.45) is 7.05 Å². The number of hydrogen-bond acceptors (Lipinski definition) is 4. The molecule has 4 rings (SSSR count). The van der Waals surface area contributed by atoms with Crippen LogP contribution in [-0.2, 0) is 20.0 Å². The summed E-state index contributed by atoms with van der Waals surface area (Å²) < 4.78 is 9.38. The van der Waals surface area contributed by atoms with Gasteiger partial charge < -0.3 is 9.30 Å². The SMILES string of the molecule is COc1cccc2ccc(-c3nccn3CCc3cnn(C)c3)nc12. The third kappa shape index (κ3) is 2.98. The summed E-state index contributed by atoms with van der Waals surface area (Å²) in [5, 5.41) is 5.27. The minimum absolute atomic E-state index is 0.771. The number of para-hydroxylation sites is 1. The summed E-state index contributed by atoms with van der Waals surface area (Å²) in [6.45, 7) is 0.826. The Balaban J connectivity index is 1.66. The van der Waals surface area contributed by atoms with Crippen LogP contribution in [0.2, 0.25) is 0 Å². The zero-order valence-electron chi connectivity index (χ0n) is 14.3. The molecule has 0 saturated heterocycles. The Kier molecular flexibility index (Phi) is 3.93. The zero-order valence-corrected chi connectivity index (χ0v) is 14.3. The Labute approximate surface area is 145 Å². The van der Waals surface area contributed by atoms with E-state index in [0.717, 1.165) is 41.1 Å². The van der Waals surface area contributed by atoms with E-state index in [-0.39, 0.29) is 0 Å². The number of imidazole rings is 1. The number of ether oxygens (including phenoxy) is 1. The molecular weight excluding hydrogens is 314 g/mol. The summed E-state index contributed by atoms with van der Waals surface area (Å²) in [5.74, 6) is 1.63. The van der Waals surface area contributed by atoms with Crippen molar-refractivity contribution < 1.29 is 4.74 Å². The Hall–Kier alpha value is -3.15. The van der Waals surface area contributed by atoms with E-state index < -0.39 is 0 Å². The number of pyridine rings is 1. The van der Waals surface area contributed by atoms with Crippen LogP contribution in [0.5, 0.6) is 5.75 Å². The van der Waals surface area contributed by atoms with Crippen LogP contribution in [0, 0.1) is 0 Å². The van der Waals surface area contributed by atoms with Gasteiger partial charge in [-0.15, -0.1) is 0 Å². The second-order valence-corrected chi connectivity index (χ2v) is 5.94. The van der Waals surface area contributed by atoms with Crippen molar-refractivity contribution in [3.63, 3.8) is 0 Å². The molecule has 0 spiro atoms. The van der Waals surface area contributed by atoms with Gasteiger partial charge in [0.05, 0.1) is 13.3 Å². The van der Waals surface area contributed by atoms with Gasteiger partial charge in [0.15, 0.2) is 5.82 Å². The van der Waals surface area contributed by atoms with Crippen LogP contribution in [0.25, 0.3) is 22.4 Å². The number of fused-ring (bicyclic) bond motifs is 1. The van der Waals surface area contributed by atoms with Crippen molar-refractivity contribution in [3.05, 3.63) is 60.7 Å². The summed E-state index contributed by atoms with van der Waals surface area (Å²) >= 11 is 0. The quantitative estimate of drug-likeness (QED) is 0.563. The number of nitrogens with zero attached hydrogens (tertiary/aromatic N) is 5. The molecule has 0 N–H and O–H groups in total. The molecule has 0 amide bonds. The van der Waals surface area contributed by atoms with Gasteiger partial charge in [-0.25, -0.2) is 9.97 Å². The minimum atomic E-state index is 0.771. The fourth-order valence-corrected chi connectivity index (χ4v) is 2.98. The summed E-state index contributed by atoms with van der Waals surface area (Å²) in [6.07, 6.45) is 8.63. The highest BCUT2D eigenvalue weighted by molar-refractivity contribution is 5.86. The molecule has 0 radical (unpaired) electrons. The number of hydrogen-bond donors (Lipinski definition) is 0. The fourth-order valence-electron chi connectivity index (χ4n) is 2.98. The van der Waals surface area contributed by atoms with Gasteiger partial charge in [0.1, 0.15) is 17.0 Å². The lowest BCUT2D eigenvalue weighted by Crippen LogP contribution is -2.03. The normalized spacial score (nSPS) is 11.1. The smallest absolute Gasteiger partial charge is 0.158 e. The van der Waals surface area contributed by atoms with E-state index in [1.165, 1.54) is 5.56 Å². The summed E-state index contributed by atoms with van der Waals surface area (Å²) in [6, 6.07) is 9.99. The van der Waals surface area contributed by atoms with Crippen molar-refractivity contribution >= 4 is 10.9 Å². The van der Waals surface area contributed by atoms with Crippen molar-refractivity contribution in [1.29, 1.82) is 0 Å². The van der Waals surface area contributed by atoms with Crippen LogP contribution >= 0.6 is 0 Å². The maximum absolute atomic E-state index is 5.44. The second kappa shape index (κ2) is 6.39. The maximum Gasteiger partial charge on any atom is 0.158 e. The van der Waals surface area contributed by atoms with Gasteiger partial charge in [-0.3, -0.25) is 4.68 Å². The van der Waals surface area contributed by atoms with E-state index in [9.17, 15) is 0 Å². The number of benzene rings is 1. The van der Waals surface area contributed by atoms with E-state index in [0.29, 0.717) is 0 Å². The van der Waals surface area contributed by atoms with E-state index in [1.54, 1.807) is 7.11 Å². The van der Waals surface area contributed by atoms with Crippen molar-refractivity contribution in [2.75, 3.05) is 7.11 Å². The average Bonchev–Trinajstić information content (AvgIpc) is 3.27. The summed E-state index contributed by atoms with van der Waals surface area (Å²) in [7, 11) is 3.59. The van der Waals surface area contributed by atoms with Gasteiger partial charge in [-0.2, -0.15) is 5.10 Å². The monoisotopic (exact) mass is 333 g/mol. The van der Waals surface area contributed by atoms with Crippen LogP contribution in [0.3, 0.4) is 0 Å². The van der Waals surface area contributed by atoms with Gasteiger partial charge in [0.25, 0.3) is 0 Å². The van der Waals surface area contributed by atoms with Crippen LogP contribution in [-0.4, -0.2) is 31.4 Å². The van der Waals surface area contributed by atoms with Crippen LogP contribution in [0.1, 0.15) is 5.56 Å². The average molecular weight is 333 g/mol. The molecule has 0 fully saturated rings. The molecule has 0 aliphatic rings. The predicted molar refractivity (Wildman–Crippen MR) is 96.4 cm³/mol. The molecule has 0 bridgehead atoms. The third-order valence-electron chi connectivity index (χ3n) is 4.25. The van der Waals surface area contributed by atoms with Crippen molar-refractivity contribution in [2.45, 2.75) is 13.0 Å². The molecule has 0 aliphatic carbocycles. The van der Waals surface area contributed by atoms with E-state index >= 15 is 0 Å². The Morgan fingerprint density at radius 3 is 2.88 bits per heavy atom. The van der Waals surface area contributed by atoms with Gasteiger partial charge in [0, 0.05) is 37.6 Å². The second-order valence-electron chi connectivity index (χ2n) is 5.94. The molecule has 0 saturated carbocycles. The summed E-state index contributed by atoms with van der Waals surface area (Å²) in [4.78, 5) is 9.29. The minimum Gasteiger partial charge on any atom is -0.494 e. The highest BCUT2D eigenvalue weighted by atomic mass is 16.5. The lowest BCUT2D eigenvalue weighted by atomic mass is 10.2. The Morgan fingerprint density at radius 2 is 2.08 bits per heavy atom. The highest BCUT2D eigenvalue weighted by Gasteiger charge is 2.11. The molecule has 1 aromatic carbocycles. The Morgan fingerprint density at radius 1 is 1.16 bits per heavy atom. The molecule has 6 nitrogen and oxygen atoms in total. The zero-order chi connectivity index (χ0) is 17.2. The van der Waals surface area contributed by atoms with Crippen LogP contribution in [0.4, 0.5) is 0 Å². The lowest BCUT2D eigenvalue weighted by Gasteiger charge is -2.09. The van der Waals surface area contributed by atoms with E-state index in [4.69, 9.17) is 9.72 Å². The fraction of sp³-hybridized carbons (Fsp3) is 0.211. The molecule has 126 valence electrons. The molecule has 6 heteroatoms. The number of methoxy groups -OCH3 is 1. The first-order chi connectivity index (χ1) is 12.2. The van der Waals surface area contributed by atoms with Crippen LogP contribution < -0.4 is 4.74 Å². The van der Waals surface area contributed by atoms with Crippen LogP contribution in [0.15, 0.2) is 55.1 Å². The van der Waals surface area contributed by atoms with Gasteiger partial charge in [-0.05, 0) is 24.1 Å². The lowest BCUT2D eigenvalue weighted by molar-refractivity contribution is 0.419. The third-order valence-corrected chi connectivity index (χ3v) is 4.25. The molecular formula is C19H19N5O. The largest absolute Gasteiger partial charge is 0.494 e. The molecule has 0 aliphatic heterocycles. The first-order valence-electron chi connectivity index (χ1n) is 8.17. The van der Waals surface area contributed by atoms with Crippen molar-refractivity contribution in [3.8, 4) is 17.3 Å². The van der Waals surface area contributed by atoms with Crippen molar-refractivity contribution in [1.82, 2.24) is 24.3 Å². The molecule has 3 heterocycles. The van der Waals surface area contributed by atoms with Gasteiger partial charge in [-0.1, -0.05) is 18.2 Å². The molecule has 0 unspecified atom stereocenters. The Bertz CT molecular complexity index is 1020. The van der Waals surface area contributed by atoms with Gasteiger partial charge >= 0.3 is 0 Å². The number of aromatic nitrogens is 5. The first-order valence-corrected chi connectivity index (χ1v) is 8.17. The van der Waals surface area contributed by atoms with E-state index in [1.807, 2.05) is 60.8 Å². The topological polar surface area (TPSA) is 57.8 Å². The number of aryl methyl sites for hydroxylation is 3. The highest BCUT2D eigenvalue weighted by Crippen LogP contribution is 2.26. The molecule has 4 aromatic rings.